The zero-order valence-corrected chi connectivity index (χ0v) is 14.8. The molecule has 2 amide bonds. The second-order valence-corrected chi connectivity index (χ2v) is 6.44. The van der Waals surface area contributed by atoms with E-state index in [1.165, 1.54) is 5.56 Å². The van der Waals surface area contributed by atoms with Crippen LogP contribution in [0.5, 0.6) is 0 Å². The summed E-state index contributed by atoms with van der Waals surface area (Å²) in [6.45, 7) is 2.84. The van der Waals surface area contributed by atoms with Crippen LogP contribution in [-0.2, 0) is 16.0 Å². The Morgan fingerprint density at radius 3 is 2.76 bits per heavy atom. The van der Waals surface area contributed by atoms with E-state index in [9.17, 15) is 9.59 Å². The van der Waals surface area contributed by atoms with Gasteiger partial charge in [0.05, 0.1) is 13.1 Å². The fraction of sp³-hybridized carbons (Fsp3) is 0.263. The van der Waals surface area contributed by atoms with Gasteiger partial charge in [0, 0.05) is 22.9 Å². The molecule has 0 atom stereocenters. The molecule has 25 heavy (non-hydrogen) atoms. The van der Waals surface area contributed by atoms with Gasteiger partial charge in [0.1, 0.15) is 0 Å². The second kappa shape index (κ2) is 7.57. The van der Waals surface area contributed by atoms with Gasteiger partial charge in [-0.1, -0.05) is 35.9 Å². The average molecular weight is 358 g/mol. The van der Waals surface area contributed by atoms with E-state index in [-0.39, 0.29) is 24.9 Å². The smallest absolute Gasteiger partial charge is 0.243 e. The number of anilines is 2. The van der Waals surface area contributed by atoms with E-state index in [0.717, 1.165) is 24.2 Å². The molecule has 0 spiro atoms. The van der Waals surface area contributed by atoms with Crippen molar-refractivity contribution in [1.82, 2.24) is 5.32 Å². The third-order valence-electron chi connectivity index (χ3n) is 4.31. The standard InChI is InChI=1S/C19H20ClN3O2/c1-13-15(20)6-4-7-16(13)22-18(24)11-21-19(25)12-23-10-9-14-5-2-3-8-17(14)23/h2-8H,9-12H2,1H3,(H,21,25)(H,22,24). The summed E-state index contributed by atoms with van der Waals surface area (Å²) < 4.78 is 0. The highest BCUT2D eigenvalue weighted by Crippen LogP contribution is 2.26. The molecule has 2 aromatic carbocycles. The highest BCUT2D eigenvalue weighted by atomic mass is 35.5. The number of fused-ring (bicyclic) bond motifs is 1. The molecule has 0 fully saturated rings. The summed E-state index contributed by atoms with van der Waals surface area (Å²) in [5.74, 6) is -0.449. The van der Waals surface area contributed by atoms with Crippen molar-refractivity contribution in [2.24, 2.45) is 0 Å². The normalized spacial score (nSPS) is 12.6. The van der Waals surface area contributed by atoms with E-state index >= 15 is 0 Å². The van der Waals surface area contributed by atoms with Crippen LogP contribution in [0.15, 0.2) is 42.5 Å². The van der Waals surface area contributed by atoms with Crippen molar-refractivity contribution in [3.05, 3.63) is 58.6 Å². The zero-order valence-electron chi connectivity index (χ0n) is 14.0. The lowest BCUT2D eigenvalue weighted by Gasteiger charge is -2.18. The number of hydrogen-bond donors (Lipinski definition) is 2. The minimum absolute atomic E-state index is 0.0692. The van der Waals surface area contributed by atoms with E-state index in [2.05, 4.69) is 16.7 Å². The van der Waals surface area contributed by atoms with Gasteiger partial charge >= 0.3 is 0 Å². The van der Waals surface area contributed by atoms with Crippen molar-refractivity contribution in [3.8, 4) is 0 Å². The Labute approximate surface area is 152 Å². The summed E-state index contributed by atoms with van der Waals surface area (Å²) in [6.07, 6.45) is 0.942. The Hall–Kier alpha value is -2.53. The predicted octanol–water partition coefficient (Wildman–Crippen LogP) is 2.77. The SMILES string of the molecule is Cc1c(Cl)cccc1NC(=O)CNC(=O)CN1CCc2ccccc21. The van der Waals surface area contributed by atoms with Gasteiger partial charge in [0.15, 0.2) is 0 Å². The monoisotopic (exact) mass is 357 g/mol. The number of nitrogens with zero attached hydrogens (tertiary/aromatic N) is 1. The van der Waals surface area contributed by atoms with Gasteiger partial charge in [-0.3, -0.25) is 9.59 Å². The highest BCUT2D eigenvalue weighted by Gasteiger charge is 2.20. The maximum absolute atomic E-state index is 12.1. The third-order valence-corrected chi connectivity index (χ3v) is 4.72. The summed E-state index contributed by atoms with van der Waals surface area (Å²) in [4.78, 5) is 26.2. The van der Waals surface area contributed by atoms with Crippen LogP contribution in [0.2, 0.25) is 5.02 Å². The molecule has 1 heterocycles. The Bertz CT molecular complexity index is 807. The molecule has 2 N–H and O–H groups in total. The minimum Gasteiger partial charge on any atom is -0.362 e. The number of benzene rings is 2. The summed E-state index contributed by atoms with van der Waals surface area (Å²) in [6, 6.07) is 13.4. The highest BCUT2D eigenvalue weighted by molar-refractivity contribution is 6.31. The van der Waals surface area contributed by atoms with Crippen molar-refractivity contribution in [2.75, 3.05) is 29.9 Å². The first-order chi connectivity index (χ1) is 12.0. The van der Waals surface area contributed by atoms with Crippen molar-refractivity contribution in [2.45, 2.75) is 13.3 Å². The molecule has 2 aromatic rings. The zero-order chi connectivity index (χ0) is 17.8. The Morgan fingerprint density at radius 1 is 1.12 bits per heavy atom. The van der Waals surface area contributed by atoms with Crippen LogP contribution >= 0.6 is 11.6 Å². The first-order valence-corrected chi connectivity index (χ1v) is 8.57. The Balaban J connectivity index is 1.49. The Morgan fingerprint density at radius 2 is 1.92 bits per heavy atom. The van der Waals surface area contributed by atoms with Crippen molar-refractivity contribution in [3.63, 3.8) is 0 Å². The largest absolute Gasteiger partial charge is 0.362 e. The quantitative estimate of drug-likeness (QED) is 0.865. The number of para-hydroxylation sites is 1. The number of halogens is 1. The first-order valence-electron chi connectivity index (χ1n) is 8.19. The lowest BCUT2D eigenvalue weighted by Crippen LogP contribution is -2.40. The van der Waals surface area contributed by atoms with Crippen molar-refractivity contribution >= 4 is 34.8 Å². The molecule has 3 rings (SSSR count). The number of amides is 2. The van der Waals surface area contributed by atoms with Gasteiger partial charge in [-0.05, 0) is 42.7 Å². The first kappa shape index (κ1) is 17.3. The molecule has 0 radical (unpaired) electrons. The minimum atomic E-state index is -0.277. The maximum Gasteiger partial charge on any atom is 0.243 e. The van der Waals surface area contributed by atoms with E-state index in [1.54, 1.807) is 18.2 Å². The van der Waals surface area contributed by atoms with Crippen LogP contribution in [0.4, 0.5) is 11.4 Å². The number of hydrogen-bond acceptors (Lipinski definition) is 3. The number of carbonyl (C=O) groups is 2. The molecule has 130 valence electrons. The molecule has 0 unspecified atom stereocenters. The van der Waals surface area contributed by atoms with Crippen LogP contribution in [0.25, 0.3) is 0 Å². The lowest BCUT2D eigenvalue weighted by atomic mass is 10.2. The molecule has 0 aliphatic carbocycles. The number of nitrogens with one attached hydrogen (secondary N) is 2. The van der Waals surface area contributed by atoms with Crippen LogP contribution < -0.4 is 15.5 Å². The molecule has 1 aliphatic heterocycles. The second-order valence-electron chi connectivity index (χ2n) is 6.04. The summed E-state index contributed by atoms with van der Waals surface area (Å²) in [7, 11) is 0. The molecule has 0 saturated heterocycles. The van der Waals surface area contributed by atoms with Crippen LogP contribution in [0.1, 0.15) is 11.1 Å². The summed E-state index contributed by atoms with van der Waals surface area (Å²) in [5.41, 5.74) is 3.80. The van der Waals surface area contributed by atoms with E-state index in [1.807, 2.05) is 30.0 Å². The van der Waals surface area contributed by atoms with E-state index in [4.69, 9.17) is 11.6 Å². The van der Waals surface area contributed by atoms with Crippen LogP contribution in [0, 0.1) is 6.92 Å². The molecular formula is C19H20ClN3O2. The van der Waals surface area contributed by atoms with Gasteiger partial charge < -0.3 is 15.5 Å². The van der Waals surface area contributed by atoms with Gasteiger partial charge in [0.25, 0.3) is 0 Å². The number of carbonyl (C=O) groups excluding carboxylic acids is 2. The van der Waals surface area contributed by atoms with Gasteiger partial charge in [-0.15, -0.1) is 0 Å². The van der Waals surface area contributed by atoms with Gasteiger partial charge in [-0.2, -0.15) is 0 Å². The van der Waals surface area contributed by atoms with Crippen LogP contribution in [-0.4, -0.2) is 31.4 Å². The molecule has 1 aliphatic rings. The topological polar surface area (TPSA) is 61.4 Å². The Kier molecular flexibility index (Phi) is 5.24. The predicted molar refractivity (Wildman–Crippen MR) is 100 cm³/mol. The molecule has 5 nitrogen and oxygen atoms in total. The molecule has 0 aromatic heterocycles. The van der Waals surface area contributed by atoms with Crippen LogP contribution in [0.3, 0.4) is 0 Å². The lowest BCUT2D eigenvalue weighted by molar-refractivity contribution is -0.123. The molecule has 0 bridgehead atoms. The van der Waals surface area contributed by atoms with Gasteiger partial charge in [0.2, 0.25) is 11.8 Å². The number of rotatable bonds is 5. The van der Waals surface area contributed by atoms with E-state index in [0.29, 0.717) is 10.7 Å². The summed E-state index contributed by atoms with van der Waals surface area (Å²) in [5, 5.41) is 6.02. The van der Waals surface area contributed by atoms with Crippen molar-refractivity contribution < 1.29 is 9.59 Å². The fourth-order valence-electron chi connectivity index (χ4n) is 2.92. The van der Waals surface area contributed by atoms with Crippen molar-refractivity contribution in [1.29, 1.82) is 0 Å². The molecule has 6 heteroatoms. The average Bonchev–Trinajstić information content (AvgIpc) is 3.00. The molecular weight excluding hydrogens is 338 g/mol. The van der Waals surface area contributed by atoms with Gasteiger partial charge in [-0.25, -0.2) is 0 Å². The molecule has 0 saturated carbocycles. The van der Waals surface area contributed by atoms with E-state index < -0.39 is 0 Å². The maximum atomic E-state index is 12.1. The fourth-order valence-corrected chi connectivity index (χ4v) is 3.09. The summed E-state index contributed by atoms with van der Waals surface area (Å²) >= 11 is 6.03. The third kappa shape index (κ3) is 4.12.